The van der Waals surface area contributed by atoms with Gasteiger partial charge in [-0.25, -0.2) is 9.97 Å². The molecule has 0 radical (unpaired) electrons. The Morgan fingerprint density at radius 3 is 2.26 bits per heavy atom. The summed E-state index contributed by atoms with van der Waals surface area (Å²) in [6.45, 7) is 11.4. The van der Waals surface area contributed by atoms with Crippen molar-refractivity contribution in [2.75, 3.05) is 36.9 Å². The van der Waals surface area contributed by atoms with E-state index >= 15 is 0 Å². The second-order valence-electron chi connectivity index (χ2n) is 4.70. The summed E-state index contributed by atoms with van der Waals surface area (Å²) in [7, 11) is 0. The molecule has 0 aliphatic rings. The molecule has 0 atom stereocenters. The van der Waals surface area contributed by atoms with Gasteiger partial charge >= 0.3 is 0 Å². The highest BCUT2D eigenvalue weighted by Gasteiger charge is 2.07. The van der Waals surface area contributed by atoms with Crippen LogP contribution in [0.1, 0.15) is 45.9 Å². The fourth-order valence-corrected chi connectivity index (χ4v) is 1.55. The third-order valence-corrected chi connectivity index (χ3v) is 2.57. The number of anilines is 2. The molecule has 0 saturated carbocycles. The van der Waals surface area contributed by atoms with Crippen molar-refractivity contribution in [1.29, 1.82) is 0 Å². The first kappa shape index (κ1) is 15.7. The van der Waals surface area contributed by atoms with Gasteiger partial charge in [0.1, 0.15) is 17.5 Å². The lowest BCUT2D eigenvalue weighted by atomic mass is 10.2. The van der Waals surface area contributed by atoms with E-state index in [1.165, 1.54) is 0 Å². The van der Waals surface area contributed by atoms with Crippen molar-refractivity contribution in [3.63, 3.8) is 0 Å². The number of hydrogen-bond donors (Lipinski definition) is 2. The maximum absolute atomic E-state index is 5.31. The molecule has 0 aliphatic heterocycles. The van der Waals surface area contributed by atoms with Crippen LogP contribution in [0.2, 0.25) is 0 Å². The van der Waals surface area contributed by atoms with Gasteiger partial charge < -0.3 is 15.4 Å². The predicted octanol–water partition coefficient (Wildman–Crippen LogP) is 2.87. The molecular weight excluding hydrogens is 240 g/mol. The Balaban J connectivity index is 2.69. The van der Waals surface area contributed by atoms with E-state index in [4.69, 9.17) is 4.74 Å². The van der Waals surface area contributed by atoms with Gasteiger partial charge in [0.2, 0.25) is 0 Å². The van der Waals surface area contributed by atoms with Crippen molar-refractivity contribution in [2.24, 2.45) is 0 Å². The molecule has 0 bridgehead atoms. The summed E-state index contributed by atoms with van der Waals surface area (Å²) in [6.07, 6.45) is 1.08. The van der Waals surface area contributed by atoms with Crippen LogP contribution in [0.15, 0.2) is 6.07 Å². The first-order chi connectivity index (χ1) is 9.17. The van der Waals surface area contributed by atoms with Crippen molar-refractivity contribution in [3.05, 3.63) is 11.9 Å². The van der Waals surface area contributed by atoms with Gasteiger partial charge in [0.15, 0.2) is 0 Å². The first-order valence-corrected chi connectivity index (χ1v) is 7.11. The Kier molecular flexibility index (Phi) is 7.18. The number of aromatic nitrogens is 2. The zero-order chi connectivity index (χ0) is 14.1. The second kappa shape index (κ2) is 8.69. The number of nitrogens with one attached hydrogen (secondary N) is 2. The van der Waals surface area contributed by atoms with E-state index in [0.29, 0.717) is 12.5 Å². The lowest BCUT2D eigenvalue weighted by molar-refractivity contribution is 0.158. The van der Waals surface area contributed by atoms with Gasteiger partial charge in [0.05, 0.1) is 6.61 Å². The summed E-state index contributed by atoms with van der Waals surface area (Å²) >= 11 is 0. The molecule has 1 aromatic rings. The Bertz CT molecular complexity index is 368. The minimum Gasteiger partial charge on any atom is -0.380 e. The maximum atomic E-state index is 5.31. The van der Waals surface area contributed by atoms with Crippen molar-refractivity contribution in [2.45, 2.75) is 40.0 Å². The van der Waals surface area contributed by atoms with E-state index in [1.54, 1.807) is 0 Å². The largest absolute Gasteiger partial charge is 0.380 e. The van der Waals surface area contributed by atoms with E-state index in [1.807, 2.05) is 13.0 Å². The van der Waals surface area contributed by atoms with Crippen LogP contribution in [0.25, 0.3) is 0 Å². The number of rotatable bonds is 9. The molecule has 0 saturated heterocycles. The SMILES string of the molecule is CCCNc1cc(NCCOCC)nc(C(C)C)n1. The number of hydrogen-bond acceptors (Lipinski definition) is 5. The summed E-state index contributed by atoms with van der Waals surface area (Å²) in [5.74, 6) is 2.92. The molecule has 1 aromatic heterocycles. The lowest BCUT2D eigenvalue weighted by Crippen LogP contribution is -2.13. The Hall–Kier alpha value is -1.36. The van der Waals surface area contributed by atoms with Gasteiger partial charge in [-0.3, -0.25) is 0 Å². The van der Waals surface area contributed by atoms with Crippen LogP contribution in [0.5, 0.6) is 0 Å². The van der Waals surface area contributed by atoms with Gasteiger partial charge in [-0.2, -0.15) is 0 Å². The minimum atomic E-state index is 0.316. The van der Waals surface area contributed by atoms with Gasteiger partial charge in [0.25, 0.3) is 0 Å². The van der Waals surface area contributed by atoms with Crippen LogP contribution >= 0.6 is 0 Å². The van der Waals surface area contributed by atoms with Gasteiger partial charge in [-0.1, -0.05) is 20.8 Å². The maximum Gasteiger partial charge on any atom is 0.135 e. The summed E-state index contributed by atoms with van der Waals surface area (Å²) in [5.41, 5.74) is 0. The predicted molar refractivity (Wildman–Crippen MR) is 79.9 cm³/mol. The van der Waals surface area contributed by atoms with Crippen molar-refractivity contribution in [3.8, 4) is 0 Å². The lowest BCUT2D eigenvalue weighted by Gasteiger charge is -2.12. The zero-order valence-corrected chi connectivity index (χ0v) is 12.5. The molecular formula is C14H26N4O. The van der Waals surface area contributed by atoms with Crippen LogP contribution in [-0.4, -0.2) is 36.3 Å². The highest BCUT2D eigenvalue weighted by atomic mass is 16.5. The van der Waals surface area contributed by atoms with Crippen LogP contribution < -0.4 is 10.6 Å². The second-order valence-corrected chi connectivity index (χ2v) is 4.70. The van der Waals surface area contributed by atoms with Gasteiger partial charge in [-0.05, 0) is 13.3 Å². The van der Waals surface area contributed by atoms with Gasteiger partial charge in [-0.15, -0.1) is 0 Å². The van der Waals surface area contributed by atoms with Crippen molar-refractivity contribution in [1.82, 2.24) is 9.97 Å². The minimum absolute atomic E-state index is 0.316. The smallest absolute Gasteiger partial charge is 0.135 e. The standard InChI is InChI=1S/C14H26N4O/c1-5-7-15-12-10-13(16-8-9-19-6-2)18-14(17-12)11(3)4/h10-11H,5-9H2,1-4H3,(H2,15,16,17,18). The summed E-state index contributed by atoms with van der Waals surface area (Å²) < 4.78 is 5.31. The molecule has 5 nitrogen and oxygen atoms in total. The number of nitrogens with zero attached hydrogens (tertiary/aromatic N) is 2. The van der Waals surface area contributed by atoms with E-state index in [-0.39, 0.29) is 0 Å². The molecule has 2 N–H and O–H groups in total. The molecule has 0 spiro atoms. The third-order valence-electron chi connectivity index (χ3n) is 2.57. The van der Waals surface area contributed by atoms with Crippen LogP contribution in [0.4, 0.5) is 11.6 Å². The fraction of sp³-hybridized carbons (Fsp3) is 0.714. The quantitative estimate of drug-likeness (QED) is 0.673. The molecule has 0 aliphatic carbocycles. The topological polar surface area (TPSA) is 59.1 Å². The van der Waals surface area contributed by atoms with Crippen LogP contribution in [-0.2, 0) is 4.74 Å². The molecule has 108 valence electrons. The van der Waals surface area contributed by atoms with Gasteiger partial charge in [0, 0.05) is 31.7 Å². The average molecular weight is 266 g/mol. The number of ether oxygens (including phenoxy) is 1. The van der Waals surface area contributed by atoms with E-state index in [2.05, 4.69) is 41.4 Å². The van der Waals surface area contributed by atoms with Crippen LogP contribution in [0.3, 0.4) is 0 Å². The summed E-state index contributed by atoms with van der Waals surface area (Å²) in [5, 5.41) is 6.58. The Morgan fingerprint density at radius 1 is 1.11 bits per heavy atom. The Morgan fingerprint density at radius 2 is 1.74 bits per heavy atom. The molecule has 0 fully saturated rings. The Labute approximate surface area is 116 Å². The van der Waals surface area contributed by atoms with E-state index < -0.39 is 0 Å². The first-order valence-electron chi connectivity index (χ1n) is 7.11. The summed E-state index contributed by atoms with van der Waals surface area (Å²) in [4.78, 5) is 9.04. The summed E-state index contributed by atoms with van der Waals surface area (Å²) in [6, 6.07) is 1.95. The average Bonchev–Trinajstić information content (AvgIpc) is 2.41. The molecule has 1 rings (SSSR count). The van der Waals surface area contributed by atoms with E-state index in [9.17, 15) is 0 Å². The molecule has 5 heteroatoms. The highest BCUT2D eigenvalue weighted by Crippen LogP contribution is 2.16. The van der Waals surface area contributed by atoms with Crippen LogP contribution in [0, 0.1) is 0 Å². The molecule has 0 amide bonds. The normalized spacial score (nSPS) is 10.8. The van der Waals surface area contributed by atoms with Crippen molar-refractivity contribution < 1.29 is 4.74 Å². The van der Waals surface area contributed by atoms with E-state index in [0.717, 1.165) is 43.6 Å². The third kappa shape index (κ3) is 5.87. The fourth-order valence-electron chi connectivity index (χ4n) is 1.55. The van der Waals surface area contributed by atoms with Crippen molar-refractivity contribution >= 4 is 11.6 Å². The molecule has 0 aromatic carbocycles. The zero-order valence-electron chi connectivity index (χ0n) is 12.5. The molecule has 0 unspecified atom stereocenters. The molecule has 19 heavy (non-hydrogen) atoms. The molecule has 1 heterocycles. The monoisotopic (exact) mass is 266 g/mol. The highest BCUT2D eigenvalue weighted by molar-refractivity contribution is 5.47.